The van der Waals surface area contributed by atoms with Crippen molar-refractivity contribution in [1.82, 2.24) is 10.3 Å². The maximum atomic E-state index is 13.6. The second kappa shape index (κ2) is 11.2. The average Bonchev–Trinajstić information content (AvgIpc) is 3.48. The zero-order valence-corrected chi connectivity index (χ0v) is 21.5. The second-order valence-electron chi connectivity index (χ2n) is 7.27. The van der Waals surface area contributed by atoms with Gasteiger partial charge in [-0.05, 0) is 30.0 Å². The molecule has 1 saturated carbocycles. The summed E-state index contributed by atoms with van der Waals surface area (Å²) in [6, 6.07) is 8.52. The van der Waals surface area contributed by atoms with E-state index in [1.165, 1.54) is 12.1 Å². The fourth-order valence-electron chi connectivity index (χ4n) is 3.07. The van der Waals surface area contributed by atoms with Gasteiger partial charge in [0, 0.05) is 11.8 Å². The smallest absolute Gasteiger partial charge is 0.756 e. The van der Waals surface area contributed by atoms with Gasteiger partial charge in [-0.15, -0.1) is 0 Å². The molecule has 0 bridgehead atoms. The number of hydrogen-bond acceptors (Lipinski definition) is 6. The number of alkyl halides is 3. The molecule has 4 N–H and O–H groups in total. The molecule has 13 heteroatoms. The van der Waals surface area contributed by atoms with Crippen molar-refractivity contribution in [3.8, 4) is 11.1 Å². The summed E-state index contributed by atoms with van der Waals surface area (Å²) in [5.74, 6) is -0.936. The minimum atomic E-state index is -5.26. The minimum absolute atomic E-state index is 0. The molecular formula is C19H20Cl2FN3NaO5P. The number of aromatic nitrogens is 1. The number of amides is 1. The summed E-state index contributed by atoms with van der Waals surface area (Å²) in [7, 11) is -5.26. The van der Waals surface area contributed by atoms with E-state index in [2.05, 4.69) is 14.8 Å². The van der Waals surface area contributed by atoms with Gasteiger partial charge in [0.15, 0.2) is 4.84 Å². The van der Waals surface area contributed by atoms with Gasteiger partial charge >= 0.3 is 29.6 Å². The molecule has 32 heavy (non-hydrogen) atoms. The Morgan fingerprint density at radius 2 is 1.88 bits per heavy atom. The van der Waals surface area contributed by atoms with Crippen molar-refractivity contribution >= 4 is 36.9 Å². The third-order valence-corrected chi connectivity index (χ3v) is 5.83. The number of phosphoric acid groups is 1. The van der Waals surface area contributed by atoms with Crippen LogP contribution in [0.4, 0.5) is 4.39 Å². The van der Waals surface area contributed by atoms with Crippen LogP contribution in [0.15, 0.2) is 42.6 Å². The maximum Gasteiger partial charge on any atom is 1.00 e. The number of carbonyl (C=O) groups is 1. The van der Waals surface area contributed by atoms with Crippen molar-refractivity contribution in [3.63, 3.8) is 0 Å². The van der Waals surface area contributed by atoms with Crippen LogP contribution in [0.5, 0.6) is 0 Å². The van der Waals surface area contributed by atoms with Crippen LogP contribution in [0.2, 0.25) is 0 Å². The van der Waals surface area contributed by atoms with Gasteiger partial charge in [-0.25, -0.2) is 4.39 Å². The number of nitrogens with zero attached hydrogens (tertiary/aromatic N) is 1. The summed E-state index contributed by atoms with van der Waals surface area (Å²) >= 11 is 10.9. The first-order valence-electron chi connectivity index (χ1n) is 9.25. The summed E-state index contributed by atoms with van der Waals surface area (Å²) in [6.07, 6.45) is 1.92. The molecule has 8 nitrogen and oxygen atoms in total. The molecule has 168 valence electrons. The van der Waals surface area contributed by atoms with Crippen LogP contribution in [0.3, 0.4) is 0 Å². The van der Waals surface area contributed by atoms with E-state index in [0.29, 0.717) is 0 Å². The van der Waals surface area contributed by atoms with Crippen molar-refractivity contribution in [2.24, 2.45) is 5.73 Å². The molecule has 1 aromatic heterocycles. The molecule has 1 aliphatic rings. The summed E-state index contributed by atoms with van der Waals surface area (Å²) in [4.78, 5) is 35.1. The van der Waals surface area contributed by atoms with Crippen LogP contribution in [0, 0.1) is 0 Å². The van der Waals surface area contributed by atoms with Crippen molar-refractivity contribution in [3.05, 3.63) is 53.9 Å². The van der Waals surface area contributed by atoms with E-state index < -0.39 is 37.4 Å². The number of carbonyl (C=O) groups excluding carboxylic acids is 1. The Balaban J connectivity index is 0.00000363. The van der Waals surface area contributed by atoms with Crippen molar-refractivity contribution in [2.45, 2.75) is 35.4 Å². The van der Waals surface area contributed by atoms with E-state index in [4.69, 9.17) is 33.8 Å². The Kier molecular flexibility index (Phi) is 9.71. The molecule has 1 aromatic carbocycles. The number of hydrogen-bond donors (Lipinski definition) is 3. The van der Waals surface area contributed by atoms with Crippen LogP contribution in [-0.2, 0) is 19.4 Å². The van der Waals surface area contributed by atoms with Gasteiger partial charge in [-0.2, -0.15) is 0 Å². The first kappa shape index (κ1) is 27.7. The molecule has 1 unspecified atom stereocenters. The molecule has 3 atom stereocenters. The summed E-state index contributed by atoms with van der Waals surface area (Å²) < 4.78 is 29.6. The van der Waals surface area contributed by atoms with Gasteiger partial charge in [-0.1, -0.05) is 53.5 Å². The van der Waals surface area contributed by atoms with E-state index in [-0.39, 0.29) is 40.7 Å². The topological polar surface area (TPSA) is 138 Å². The monoisotopic (exact) mass is 513 g/mol. The third kappa shape index (κ3) is 7.21. The number of phosphoric ester groups is 1. The molecule has 1 fully saturated rings. The van der Waals surface area contributed by atoms with Crippen molar-refractivity contribution < 1.29 is 57.6 Å². The zero-order chi connectivity index (χ0) is 22.8. The van der Waals surface area contributed by atoms with Gasteiger partial charge in [0.25, 0.3) is 13.7 Å². The Morgan fingerprint density at radius 1 is 1.28 bits per heavy atom. The fraction of sp³-hybridized carbons (Fsp3) is 0.368. The largest absolute Gasteiger partial charge is 1.00 e. The van der Waals surface area contributed by atoms with Gasteiger partial charge in [0.05, 0.1) is 17.3 Å². The van der Waals surface area contributed by atoms with Gasteiger partial charge in [0.1, 0.15) is 12.8 Å². The van der Waals surface area contributed by atoms with Crippen molar-refractivity contribution in [2.75, 3.05) is 6.67 Å². The van der Waals surface area contributed by atoms with Crippen LogP contribution < -0.4 is 45.5 Å². The molecule has 0 radical (unpaired) electrons. The zero-order valence-electron chi connectivity index (χ0n) is 17.1. The Morgan fingerprint density at radius 3 is 2.31 bits per heavy atom. The SMILES string of the molecule is NC1(c2ccc(-c3ccc([C@@H](OP(=O)([O-])O)[C@@H](CF)NC(=O)C(Cl)Cl)cc3)cn2)CC1.[Na+]. The van der Waals surface area contributed by atoms with Gasteiger partial charge < -0.3 is 25.4 Å². The molecule has 1 amide bonds. The normalized spacial score (nSPS) is 18.2. The summed E-state index contributed by atoms with van der Waals surface area (Å²) in [6.45, 7) is -1.20. The molecule has 0 aliphatic heterocycles. The molecule has 1 heterocycles. The Labute approximate surface area is 216 Å². The van der Waals surface area contributed by atoms with E-state index in [1.807, 2.05) is 12.1 Å². The first-order chi connectivity index (χ1) is 14.5. The third-order valence-electron chi connectivity index (χ3n) is 4.94. The Hall–Kier alpha value is -0.580. The second-order valence-corrected chi connectivity index (χ2v) is 9.52. The van der Waals surface area contributed by atoms with E-state index in [0.717, 1.165) is 29.7 Å². The van der Waals surface area contributed by atoms with E-state index in [9.17, 15) is 18.6 Å². The average molecular weight is 514 g/mol. The summed E-state index contributed by atoms with van der Waals surface area (Å²) in [5.41, 5.74) is 8.33. The molecule has 0 spiro atoms. The van der Waals surface area contributed by atoms with Crippen LogP contribution in [0.25, 0.3) is 11.1 Å². The quantitative estimate of drug-likeness (QED) is 0.233. The van der Waals surface area contributed by atoms with Crippen LogP contribution >= 0.6 is 31.0 Å². The molecular weight excluding hydrogens is 494 g/mol. The first-order valence-corrected chi connectivity index (χ1v) is 11.6. The van der Waals surface area contributed by atoms with Gasteiger partial charge in [0.2, 0.25) is 0 Å². The molecule has 0 saturated heterocycles. The predicted octanol–water partition coefficient (Wildman–Crippen LogP) is -0.523. The maximum absolute atomic E-state index is 13.6. The Bertz CT molecular complexity index is 974. The van der Waals surface area contributed by atoms with E-state index in [1.54, 1.807) is 18.3 Å². The molecule has 2 aromatic rings. The number of benzene rings is 1. The number of rotatable bonds is 9. The number of nitrogens with two attached hydrogens (primary N) is 1. The number of nitrogens with one attached hydrogen (secondary N) is 1. The number of halogens is 3. The molecule has 1 aliphatic carbocycles. The molecule has 3 rings (SSSR count). The number of pyridine rings is 1. The van der Waals surface area contributed by atoms with Crippen molar-refractivity contribution in [1.29, 1.82) is 0 Å². The summed E-state index contributed by atoms with van der Waals surface area (Å²) in [5, 5.41) is 2.16. The minimum Gasteiger partial charge on any atom is -0.756 e. The van der Waals surface area contributed by atoms with E-state index >= 15 is 0 Å². The predicted molar refractivity (Wildman–Crippen MR) is 112 cm³/mol. The van der Waals surface area contributed by atoms with Gasteiger partial charge in [-0.3, -0.25) is 14.3 Å². The van der Waals surface area contributed by atoms with Crippen LogP contribution in [0.1, 0.15) is 30.2 Å². The fourth-order valence-corrected chi connectivity index (χ4v) is 3.75. The standard InChI is InChI=1S/C19H21Cl2FN3O5P.Na/c20-17(21)18(26)25-14(9-22)16(30-31(27,28)29)12-3-1-11(2-4-12)13-5-6-15(24-10-13)19(23)7-8-19;/h1-6,10,14,16-17H,7-9,23H2,(H,25,26)(H2,27,28,29);/q;+1/p-1/t14-,16-;/m1./s1. The van der Waals surface area contributed by atoms with Crippen LogP contribution in [-0.4, -0.2) is 33.3 Å².